The van der Waals surface area contributed by atoms with Gasteiger partial charge in [0.2, 0.25) is 5.91 Å². The van der Waals surface area contributed by atoms with E-state index < -0.39 is 0 Å². The number of nitrogens with two attached hydrogens (primary N) is 1. The van der Waals surface area contributed by atoms with E-state index in [-0.39, 0.29) is 23.9 Å². The van der Waals surface area contributed by atoms with E-state index in [4.69, 9.17) is 15.2 Å². The summed E-state index contributed by atoms with van der Waals surface area (Å²) in [7, 11) is 1.70. The van der Waals surface area contributed by atoms with Gasteiger partial charge in [0.15, 0.2) is 0 Å². The van der Waals surface area contributed by atoms with E-state index in [0.29, 0.717) is 12.5 Å². The quantitative estimate of drug-likeness (QED) is 0.697. The Morgan fingerprint density at radius 2 is 1.93 bits per heavy atom. The third-order valence-electron chi connectivity index (χ3n) is 6.26. The van der Waals surface area contributed by atoms with Crippen molar-refractivity contribution in [3.63, 3.8) is 0 Å². The minimum atomic E-state index is -0.381. The van der Waals surface area contributed by atoms with Crippen molar-refractivity contribution >= 4 is 18.3 Å². The molecule has 2 N–H and O–H groups in total. The Bertz CT molecular complexity index is 639. The first-order valence-corrected chi connectivity index (χ1v) is 10.4. The second-order valence-corrected chi connectivity index (χ2v) is 7.98. The molecule has 0 radical (unpaired) electrons. The van der Waals surface area contributed by atoms with Crippen LogP contribution >= 0.6 is 12.4 Å². The van der Waals surface area contributed by atoms with Gasteiger partial charge in [-0.2, -0.15) is 0 Å². The number of aryl methyl sites for hydroxylation is 1. The number of amides is 1. The van der Waals surface area contributed by atoms with Crippen LogP contribution < -0.4 is 10.5 Å². The lowest BCUT2D eigenvalue weighted by Crippen LogP contribution is -2.49. The van der Waals surface area contributed by atoms with Gasteiger partial charge in [-0.25, -0.2) is 0 Å². The number of methoxy groups -OCH3 is 1. The molecule has 6 heteroatoms. The maximum atomic E-state index is 13.6. The van der Waals surface area contributed by atoms with E-state index in [9.17, 15) is 4.79 Å². The summed E-state index contributed by atoms with van der Waals surface area (Å²) in [4.78, 5) is 15.7. The summed E-state index contributed by atoms with van der Waals surface area (Å²) in [5, 5.41) is 0. The van der Waals surface area contributed by atoms with E-state index in [1.165, 1.54) is 0 Å². The average Bonchev–Trinajstić information content (AvgIpc) is 3.19. The molecule has 1 saturated carbocycles. The number of nitrogens with zero attached hydrogens (tertiary/aromatic N) is 1. The second-order valence-electron chi connectivity index (χ2n) is 7.98. The maximum Gasteiger partial charge on any atom is 0.233 e. The molecule has 1 heterocycles. The van der Waals surface area contributed by atoms with Gasteiger partial charge in [0.1, 0.15) is 5.75 Å². The van der Waals surface area contributed by atoms with Gasteiger partial charge in [-0.3, -0.25) is 4.79 Å². The van der Waals surface area contributed by atoms with Crippen LogP contribution in [0.1, 0.15) is 56.1 Å². The van der Waals surface area contributed by atoms with Crippen molar-refractivity contribution in [1.82, 2.24) is 4.90 Å². The summed E-state index contributed by atoms with van der Waals surface area (Å²) in [6.45, 7) is 5.01. The van der Waals surface area contributed by atoms with E-state index in [1.807, 2.05) is 6.92 Å². The number of hydrogen-bond acceptors (Lipinski definition) is 4. The van der Waals surface area contributed by atoms with Crippen LogP contribution in [0, 0.1) is 6.92 Å². The highest BCUT2D eigenvalue weighted by atomic mass is 35.5. The fourth-order valence-corrected chi connectivity index (χ4v) is 4.58. The van der Waals surface area contributed by atoms with Crippen molar-refractivity contribution < 1.29 is 14.3 Å². The van der Waals surface area contributed by atoms with Crippen molar-refractivity contribution in [3.05, 3.63) is 29.3 Å². The number of carbonyl (C=O) groups is 1. The van der Waals surface area contributed by atoms with Crippen molar-refractivity contribution in [2.75, 3.05) is 33.4 Å². The van der Waals surface area contributed by atoms with Crippen molar-refractivity contribution in [3.8, 4) is 5.75 Å². The largest absolute Gasteiger partial charge is 0.496 e. The number of carbonyl (C=O) groups excluding carboxylic acids is 1. The van der Waals surface area contributed by atoms with Crippen molar-refractivity contribution in [1.29, 1.82) is 0 Å². The molecule has 1 aliphatic carbocycles. The normalized spacial score (nSPS) is 19.3. The Kier molecular flexibility index (Phi) is 8.59. The first kappa shape index (κ1) is 23.0. The SMILES string of the molecule is COc1cc(C2(C(=O)N3CCC(OCCCN)CC3)CCCC2)ccc1C.Cl. The summed E-state index contributed by atoms with van der Waals surface area (Å²) in [5.74, 6) is 1.17. The Morgan fingerprint density at radius 3 is 2.54 bits per heavy atom. The van der Waals surface area contributed by atoms with Crippen LogP contribution in [0.3, 0.4) is 0 Å². The van der Waals surface area contributed by atoms with Crippen LogP contribution in [0.5, 0.6) is 5.75 Å². The highest BCUT2D eigenvalue weighted by Gasteiger charge is 2.45. The zero-order valence-corrected chi connectivity index (χ0v) is 18.1. The molecule has 0 unspecified atom stereocenters. The lowest BCUT2D eigenvalue weighted by Gasteiger charge is -2.39. The van der Waals surface area contributed by atoms with E-state index in [2.05, 4.69) is 23.1 Å². The third kappa shape index (κ3) is 4.81. The summed E-state index contributed by atoms with van der Waals surface area (Å²) in [6, 6.07) is 6.30. The average molecular weight is 411 g/mol. The van der Waals surface area contributed by atoms with E-state index >= 15 is 0 Å². The van der Waals surface area contributed by atoms with Gasteiger partial charge >= 0.3 is 0 Å². The van der Waals surface area contributed by atoms with Crippen LogP contribution in [0.15, 0.2) is 18.2 Å². The number of benzene rings is 1. The first-order chi connectivity index (χ1) is 13.1. The van der Waals surface area contributed by atoms with Gasteiger partial charge in [0.25, 0.3) is 0 Å². The number of ether oxygens (including phenoxy) is 2. The molecule has 0 aromatic heterocycles. The number of piperidine rings is 1. The Hall–Kier alpha value is -1.30. The summed E-state index contributed by atoms with van der Waals surface area (Å²) in [5.41, 5.74) is 7.38. The zero-order chi connectivity index (χ0) is 19.3. The van der Waals surface area contributed by atoms with Gasteiger partial charge in [0.05, 0.1) is 18.6 Å². The molecule has 2 fully saturated rings. The van der Waals surface area contributed by atoms with E-state index in [0.717, 1.165) is 81.5 Å². The highest BCUT2D eigenvalue weighted by molar-refractivity contribution is 5.89. The van der Waals surface area contributed by atoms with Crippen LogP contribution in [0.4, 0.5) is 0 Å². The maximum absolute atomic E-state index is 13.6. The predicted molar refractivity (Wildman–Crippen MR) is 114 cm³/mol. The van der Waals surface area contributed by atoms with Crippen molar-refractivity contribution in [2.45, 2.75) is 63.4 Å². The third-order valence-corrected chi connectivity index (χ3v) is 6.26. The highest BCUT2D eigenvalue weighted by Crippen LogP contribution is 2.44. The second kappa shape index (κ2) is 10.5. The minimum Gasteiger partial charge on any atom is -0.496 e. The first-order valence-electron chi connectivity index (χ1n) is 10.4. The summed E-state index contributed by atoms with van der Waals surface area (Å²) in [6.07, 6.45) is 7.10. The van der Waals surface area contributed by atoms with Crippen molar-refractivity contribution in [2.24, 2.45) is 5.73 Å². The number of halogens is 1. The van der Waals surface area contributed by atoms with Gasteiger partial charge in [-0.1, -0.05) is 25.0 Å². The Morgan fingerprint density at radius 1 is 1.25 bits per heavy atom. The van der Waals surface area contributed by atoms with Crippen LogP contribution in [-0.2, 0) is 14.9 Å². The summed E-state index contributed by atoms with van der Waals surface area (Å²) >= 11 is 0. The molecular formula is C22H35ClN2O3. The predicted octanol–water partition coefficient (Wildman–Crippen LogP) is 3.59. The van der Waals surface area contributed by atoms with Crippen LogP contribution in [-0.4, -0.2) is 50.3 Å². The molecule has 1 amide bonds. The number of hydrogen-bond donors (Lipinski definition) is 1. The van der Waals surface area contributed by atoms with Crippen LogP contribution in [0.2, 0.25) is 0 Å². The van der Waals surface area contributed by atoms with Gasteiger partial charge in [0, 0.05) is 19.7 Å². The van der Waals surface area contributed by atoms with Gasteiger partial charge in [-0.15, -0.1) is 12.4 Å². The fourth-order valence-electron chi connectivity index (χ4n) is 4.58. The molecule has 5 nitrogen and oxygen atoms in total. The zero-order valence-electron chi connectivity index (χ0n) is 17.2. The molecule has 1 aromatic carbocycles. The smallest absolute Gasteiger partial charge is 0.233 e. The van der Waals surface area contributed by atoms with Gasteiger partial charge < -0.3 is 20.1 Å². The lowest BCUT2D eigenvalue weighted by atomic mass is 9.76. The van der Waals surface area contributed by atoms with Gasteiger partial charge in [-0.05, 0) is 62.8 Å². The molecule has 158 valence electrons. The van der Waals surface area contributed by atoms with E-state index in [1.54, 1.807) is 7.11 Å². The molecule has 0 atom stereocenters. The molecule has 1 aromatic rings. The minimum absolute atomic E-state index is 0. The topological polar surface area (TPSA) is 64.8 Å². The standard InChI is InChI=1S/C22H34N2O3.ClH/c1-17-6-7-18(16-20(17)26-2)22(10-3-4-11-22)21(25)24-13-8-19(9-14-24)27-15-5-12-23;/h6-7,16,19H,3-5,8-15,23H2,1-2H3;1H. The lowest BCUT2D eigenvalue weighted by molar-refractivity contribution is -0.140. The molecule has 1 aliphatic heterocycles. The molecule has 28 heavy (non-hydrogen) atoms. The molecule has 2 aliphatic rings. The molecule has 0 bridgehead atoms. The summed E-state index contributed by atoms with van der Waals surface area (Å²) < 4.78 is 11.4. The Labute approximate surface area is 175 Å². The molecule has 1 saturated heterocycles. The molecule has 0 spiro atoms. The molecular weight excluding hydrogens is 376 g/mol. The monoisotopic (exact) mass is 410 g/mol. The van der Waals surface area contributed by atoms with Crippen LogP contribution in [0.25, 0.3) is 0 Å². The Balaban J connectivity index is 0.00000280. The number of likely N-dealkylation sites (tertiary alicyclic amines) is 1. The number of rotatable bonds is 7. The molecule has 3 rings (SSSR count). The fraction of sp³-hybridized carbons (Fsp3) is 0.682.